The van der Waals surface area contributed by atoms with E-state index in [1.807, 2.05) is 25.1 Å². The number of nitrogens with one attached hydrogen (secondary N) is 1. The average molecular weight is 247 g/mol. The van der Waals surface area contributed by atoms with Crippen LogP contribution in [-0.4, -0.2) is 18.8 Å². The van der Waals surface area contributed by atoms with Crippen molar-refractivity contribution in [2.45, 2.75) is 13.0 Å². The number of benzene rings is 1. The van der Waals surface area contributed by atoms with Crippen LogP contribution in [0.3, 0.4) is 0 Å². The zero-order valence-electron chi connectivity index (χ0n) is 10.5. The standard InChI is InChI=1S/C14H17NO3/c1-10-8-11(17-2)5-6-12(10)15-9-13(16)14-4-3-7-18-14/h3-8,13,15-16H,9H2,1-2H3. The highest BCUT2D eigenvalue weighted by Gasteiger charge is 2.10. The fourth-order valence-corrected chi connectivity index (χ4v) is 1.75. The van der Waals surface area contributed by atoms with E-state index in [4.69, 9.17) is 9.15 Å². The normalized spacial score (nSPS) is 12.2. The summed E-state index contributed by atoms with van der Waals surface area (Å²) in [4.78, 5) is 0. The number of hydrogen-bond donors (Lipinski definition) is 2. The van der Waals surface area contributed by atoms with E-state index in [0.717, 1.165) is 17.0 Å². The third kappa shape index (κ3) is 2.84. The zero-order chi connectivity index (χ0) is 13.0. The van der Waals surface area contributed by atoms with Gasteiger partial charge in [0.25, 0.3) is 0 Å². The molecule has 4 nitrogen and oxygen atoms in total. The van der Waals surface area contributed by atoms with E-state index in [0.29, 0.717) is 12.3 Å². The zero-order valence-corrected chi connectivity index (χ0v) is 10.5. The molecule has 4 heteroatoms. The van der Waals surface area contributed by atoms with Crippen LogP contribution in [-0.2, 0) is 0 Å². The topological polar surface area (TPSA) is 54.6 Å². The van der Waals surface area contributed by atoms with Gasteiger partial charge in [0.1, 0.15) is 17.6 Å². The number of methoxy groups -OCH3 is 1. The number of hydrogen-bond acceptors (Lipinski definition) is 4. The minimum Gasteiger partial charge on any atom is -0.497 e. The van der Waals surface area contributed by atoms with Crippen LogP contribution in [0.2, 0.25) is 0 Å². The molecular weight excluding hydrogens is 230 g/mol. The van der Waals surface area contributed by atoms with Gasteiger partial charge in [-0.2, -0.15) is 0 Å². The Morgan fingerprint density at radius 3 is 2.83 bits per heavy atom. The van der Waals surface area contributed by atoms with Gasteiger partial charge in [0.05, 0.1) is 13.4 Å². The molecule has 18 heavy (non-hydrogen) atoms. The summed E-state index contributed by atoms with van der Waals surface area (Å²) in [6.45, 7) is 2.39. The van der Waals surface area contributed by atoms with Crippen molar-refractivity contribution in [2.24, 2.45) is 0 Å². The Kier molecular flexibility index (Phi) is 3.89. The van der Waals surface area contributed by atoms with Crippen molar-refractivity contribution in [1.29, 1.82) is 0 Å². The van der Waals surface area contributed by atoms with E-state index in [2.05, 4.69) is 5.32 Å². The quantitative estimate of drug-likeness (QED) is 0.853. The molecule has 0 aliphatic rings. The SMILES string of the molecule is COc1ccc(NCC(O)c2ccco2)c(C)c1. The average Bonchev–Trinajstić information content (AvgIpc) is 2.90. The second-order valence-corrected chi connectivity index (χ2v) is 4.09. The first-order valence-corrected chi connectivity index (χ1v) is 5.80. The van der Waals surface area contributed by atoms with Gasteiger partial charge in [0.15, 0.2) is 0 Å². The van der Waals surface area contributed by atoms with Crippen molar-refractivity contribution in [3.63, 3.8) is 0 Å². The molecule has 2 rings (SSSR count). The maximum Gasteiger partial charge on any atom is 0.134 e. The van der Waals surface area contributed by atoms with Crippen LogP contribution in [0, 0.1) is 6.92 Å². The monoisotopic (exact) mass is 247 g/mol. The predicted octanol–water partition coefficient (Wildman–Crippen LogP) is 2.74. The van der Waals surface area contributed by atoms with Crippen molar-refractivity contribution < 1.29 is 14.3 Å². The highest BCUT2D eigenvalue weighted by Crippen LogP contribution is 2.22. The van der Waals surface area contributed by atoms with E-state index in [1.54, 1.807) is 25.5 Å². The van der Waals surface area contributed by atoms with Crippen LogP contribution in [0.1, 0.15) is 17.4 Å². The Hall–Kier alpha value is -1.94. The first kappa shape index (κ1) is 12.5. The maximum atomic E-state index is 9.88. The number of ether oxygens (including phenoxy) is 1. The summed E-state index contributed by atoms with van der Waals surface area (Å²) >= 11 is 0. The van der Waals surface area contributed by atoms with E-state index in [9.17, 15) is 5.11 Å². The fourth-order valence-electron chi connectivity index (χ4n) is 1.75. The van der Waals surface area contributed by atoms with Gasteiger partial charge in [-0.15, -0.1) is 0 Å². The number of furan rings is 1. The molecule has 0 saturated heterocycles. The molecule has 0 saturated carbocycles. The summed E-state index contributed by atoms with van der Waals surface area (Å²) in [5.74, 6) is 1.39. The third-order valence-electron chi connectivity index (χ3n) is 2.79. The van der Waals surface area contributed by atoms with Crippen molar-refractivity contribution in [3.05, 3.63) is 47.9 Å². The van der Waals surface area contributed by atoms with E-state index in [1.165, 1.54) is 0 Å². The molecule has 96 valence electrons. The summed E-state index contributed by atoms with van der Waals surface area (Å²) in [6.07, 6.45) is 0.901. The Balaban J connectivity index is 1.98. The lowest BCUT2D eigenvalue weighted by Gasteiger charge is -2.13. The first-order chi connectivity index (χ1) is 8.70. The van der Waals surface area contributed by atoms with E-state index < -0.39 is 6.10 Å². The number of aryl methyl sites for hydroxylation is 1. The molecule has 0 aliphatic carbocycles. The lowest BCUT2D eigenvalue weighted by molar-refractivity contribution is 0.162. The number of aliphatic hydroxyl groups excluding tert-OH is 1. The molecule has 1 atom stereocenters. The molecule has 0 fully saturated rings. The van der Waals surface area contributed by atoms with Gasteiger partial charge in [0.2, 0.25) is 0 Å². The van der Waals surface area contributed by atoms with Gasteiger partial charge in [-0.1, -0.05) is 0 Å². The van der Waals surface area contributed by atoms with Crippen molar-refractivity contribution >= 4 is 5.69 Å². The Morgan fingerprint density at radius 2 is 2.22 bits per heavy atom. The van der Waals surface area contributed by atoms with Gasteiger partial charge >= 0.3 is 0 Å². The van der Waals surface area contributed by atoms with Crippen molar-refractivity contribution in [3.8, 4) is 5.75 Å². The molecule has 0 spiro atoms. The second kappa shape index (κ2) is 5.60. The Bertz CT molecular complexity index is 494. The summed E-state index contributed by atoms with van der Waals surface area (Å²) in [6, 6.07) is 9.28. The third-order valence-corrected chi connectivity index (χ3v) is 2.79. The number of aliphatic hydroxyl groups is 1. The molecule has 1 aromatic heterocycles. The Morgan fingerprint density at radius 1 is 1.39 bits per heavy atom. The molecule has 2 N–H and O–H groups in total. The minimum absolute atomic E-state index is 0.403. The molecule has 0 bridgehead atoms. The van der Waals surface area contributed by atoms with Crippen LogP contribution in [0.5, 0.6) is 5.75 Å². The molecule has 1 unspecified atom stereocenters. The van der Waals surface area contributed by atoms with Gasteiger partial charge in [-0.3, -0.25) is 0 Å². The lowest BCUT2D eigenvalue weighted by Crippen LogP contribution is -2.12. The molecule has 1 aromatic carbocycles. The molecule has 0 amide bonds. The molecule has 1 heterocycles. The molecule has 2 aromatic rings. The van der Waals surface area contributed by atoms with Gasteiger partial charge in [-0.05, 0) is 42.8 Å². The Labute approximate surface area is 106 Å². The van der Waals surface area contributed by atoms with Crippen molar-refractivity contribution in [2.75, 3.05) is 19.0 Å². The largest absolute Gasteiger partial charge is 0.497 e. The first-order valence-electron chi connectivity index (χ1n) is 5.80. The fraction of sp³-hybridized carbons (Fsp3) is 0.286. The summed E-state index contributed by atoms with van der Waals surface area (Å²) < 4.78 is 10.3. The highest BCUT2D eigenvalue weighted by atomic mass is 16.5. The van der Waals surface area contributed by atoms with Gasteiger partial charge in [-0.25, -0.2) is 0 Å². The van der Waals surface area contributed by atoms with Crippen LogP contribution >= 0.6 is 0 Å². The summed E-state index contributed by atoms with van der Waals surface area (Å²) in [7, 11) is 1.64. The number of anilines is 1. The van der Waals surface area contributed by atoms with E-state index in [-0.39, 0.29) is 0 Å². The maximum absolute atomic E-state index is 9.88. The van der Waals surface area contributed by atoms with Crippen LogP contribution < -0.4 is 10.1 Å². The predicted molar refractivity (Wildman–Crippen MR) is 69.9 cm³/mol. The highest BCUT2D eigenvalue weighted by molar-refractivity contribution is 5.53. The smallest absolute Gasteiger partial charge is 0.134 e. The van der Waals surface area contributed by atoms with Gasteiger partial charge < -0.3 is 19.6 Å². The molecule has 0 radical (unpaired) electrons. The second-order valence-electron chi connectivity index (χ2n) is 4.09. The molecular formula is C14H17NO3. The van der Waals surface area contributed by atoms with Crippen LogP contribution in [0.25, 0.3) is 0 Å². The van der Waals surface area contributed by atoms with Crippen LogP contribution in [0.4, 0.5) is 5.69 Å². The summed E-state index contributed by atoms with van der Waals surface area (Å²) in [5, 5.41) is 13.1. The molecule has 0 aliphatic heterocycles. The minimum atomic E-state index is -0.651. The van der Waals surface area contributed by atoms with Gasteiger partial charge in [0, 0.05) is 12.2 Å². The number of rotatable bonds is 5. The van der Waals surface area contributed by atoms with Crippen LogP contribution in [0.15, 0.2) is 41.0 Å². The summed E-state index contributed by atoms with van der Waals surface area (Å²) in [5.41, 5.74) is 2.04. The lowest BCUT2D eigenvalue weighted by atomic mass is 10.2. The van der Waals surface area contributed by atoms with E-state index >= 15 is 0 Å². The van der Waals surface area contributed by atoms with Crippen molar-refractivity contribution in [1.82, 2.24) is 0 Å².